The molecule has 0 unspecified atom stereocenters. The lowest BCUT2D eigenvalue weighted by atomic mass is 10.0. The summed E-state index contributed by atoms with van der Waals surface area (Å²) >= 11 is 9.59. The van der Waals surface area contributed by atoms with Crippen LogP contribution >= 0.6 is 90.4 Å². The maximum Gasteiger partial charge on any atom is 0.0270 e. The Morgan fingerprint density at radius 3 is 0.833 bits per heavy atom. The lowest BCUT2D eigenvalue weighted by Crippen LogP contribution is -1.85. The first-order valence-electron chi connectivity index (χ1n) is 5.22. The molecule has 0 heterocycles. The maximum atomic E-state index is 2.40. The fraction of sp³-hybridized carbons (Fsp3) is 0. The van der Waals surface area contributed by atoms with Crippen molar-refractivity contribution in [3.63, 3.8) is 0 Å². The Hall–Kier alpha value is 1.10. The Morgan fingerprint density at radius 1 is 0.389 bits per heavy atom. The monoisotopic (exact) mass is 682 g/mol. The average molecular weight is 682 g/mol. The summed E-state index contributed by atoms with van der Waals surface area (Å²) in [7, 11) is 0. The van der Waals surface area contributed by atoms with Crippen molar-refractivity contribution in [2.45, 2.75) is 0 Å². The van der Waals surface area contributed by atoms with Crippen molar-refractivity contribution in [3.8, 4) is 0 Å². The average Bonchev–Trinajstić information content (AvgIpc) is 2.31. The summed E-state index contributed by atoms with van der Waals surface area (Å²) in [6.45, 7) is 0. The van der Waals surface area contributed by atoms with Crippen molar-refractivity contribution >= 4 is 112 Å². The second-order valence-electron chi connectivity index (χ2n) is 4.08. The molecule has 0 aliphatic rings. The first-order chi connectivity index (χ1) is 8.54. The van der Waals surface area contributed by atoms with E-state index in [9.17, 15) is 0 Å². The minimum absolute atomic E-state index is 1.32. The van der Waals surface area contributed by atoms with E-state index in [1.54, 1.807) is 0 Å². The van der Waals surface area contributed by atoms with E-state index in [2.05, 4.69) is 127 Å². The van der Waals surface area contributed by atoms with E-state index in [1.807, 2.05) is 0 Å². The molecule has 3 aromatic carbocycles. The largest absolute Gasteiger partial charge is 0.0464 e. The van der Waals surface area contributed by atoms with Crippen molar-refractivity contribution in [1.82, 2.24) is 0 Å². The molecule has 0 aliphatic carbocycles. The Bertz CT molecular complexity index is 649. The molecule has 0 bridgehead atoms. The van der Waals surface area contributed by atoms with Crippen LogP contribution in [0.5, 0.6) is 0 Å². The van der Waals surface area contributed by atoms with Crippen LogP contribution in [0.4, 0.5) is 0 Å². The van der Waals surface area contributed by atoms with Gasteiger partial charge in [-0.05, 0) is 148 Å². The summed E-state index contributed by atoms with van der Waals surface area (Å²) in [6, 6.07) is 13.6. The van der Waals surface area contributed by atoms with Crippen LogP contribution in [-0.2, 0) is 0 Å². The van der Waals surface area contributed by atoms with Crippen LogP contribution < -0.4 is 0 Å². The Balaban J connectivity index is 2.43. The molecule has 90 valence electrons. The standard InChI is InChI=1S/C14H6I4/c15-11-3-7-1-8-4-12(16)14(18)6-10(8)2-9(7)5-13(11)17/h1-6H. The van der Waals surface area contributed by atoms with Gasteiger partial charge in [0.15, 0.2) is 0 Å². The maximum absolute atomic E-state index is 2.40. The summed E-state index contributed by atoms with van der Waals surface area (Å²) in [6.07, 6.45) is 0. The molecule has 0 saturated heterocycles. The van der Waals surface area contributed by atoms with E-state index in [0.717, 1.165) is 0 Å². The molecule has 3 aromatic rings. The van der Waals surface area contributed by atoms with Gasteiger partial charge in [-0.15, -0.1) is 0 Å². The topological polar surface area (TPSA) is 0 Å². The third-order valence-corrected chi connectivity index (χ3v) is 8.51. The van der Waals surface area contributed by atoms with Gasteiger partial charge in [-0.2, -0.15) is 0 Å². The molecule has 0 spiro atoms. The molecule has 0 radical (unpaired) electrons. The fourth-order valence-corrected chi connectivity index (χ4v) is 3.96. The third kappa shape index (κ3) is 2.62. The van der Waals surface area contributed by atoms with Crippen LogP contribution in [0.25, 0.3) is 21.5 Å². The van der Waals surface area contributed by atoms with Crippen molar-refractivity contribution < 1.29 is 0 Å². The normalized spacial score (nSPS) is 11.3. The van der Waals surface area contributed by atoms with Crippen molar-refractivity contribution in [1.29, 1.82) is 0 Å². The van der Waals surface area contributed by atoms with Crippen LogP contribution in [0.1, 0.15) is 0 Å². The van der Waals surface area contributed by atoms with Gasteiger partial charge in [-0.1, -0.05) is 0 Å². The van der Waals surface area contributed by atoms with Gasteiger partial charge >= 0.3 is 0 Å². The minimum atomic E-state index is 1.32. The van der Waals surface area contributed by atoms with Gasteiger partial charge in [0.05, 0.1) is 0 Å². The highest BCUT2D eigenvalue weighted by Crippen LogP contribution is 2.29. The summed E-state index contributed by atoms with van der Waals surface area (Å²) in [5, 5.41) is 5.29. The van der Waals surface area contributed by atoms with Crippen LogP contribution in [0.2, 0.25) is 0 Å². The third-order valence-electron chi connectivity index (χ3n) is 2.87. The number of halogens is 4. The van der Waals surface area contributed by atoms with Gasteiger partial charge in [-0.3, -0.25) is 0 Å². The Kier molecular flexibility index (Phi) is 4.27. The molecular formula is C14H6I4. The van der Waals surface area contributed by atoms with Crippen LogP contribution in [0.15, 0.2) is 36.4 Å². The van der Waals surface area contributed by atoms with Gasteiger partial charge in [-0.25, -0.2) is 0 Å². The van der Waals surface area contributed by atoms with Crippen LogP contribution in [-0.4, -0.2) is 0 Å². The number of hydrogen-bond acceptors (Lipinski definition) is 0. The summed E-state index contributed by atoms with van der Waals surface area (Å²) in [5.41, 5.74) is 0. The first-order valence-corrected chi connectivity index (χ1v) is 9.54. The minimum Gasteiger partial charge on any atom is -0.0464 e. The summed E-state index contributed by atoms with van der Waals surface area (Å²) in [5.74, 6) is 0. The van der Waals surface area contributed by atoms with E-state index in [1.165, 1.54) is 35.8 Å². The molecule has 0 atom stereocenters. The van der Waals surface area contributed by atoms with Crippen molar-refractivity contribution in [3.05, 3.63) is 50.7 Å². The lowest BCUT2D eigenvalue weighted by molar-refractivity contribution is 1.62. The molecule has 18 heavy (non-hydrogen) atoms. The van der Waals surface area contributed by atoms with Gasteiger partial charge in [0, 0.05) is 14.3 Å². The highest BCUT2D eigenvalue weighted by Gasteiger charge is 2.05. The highest BCUT2D eigenvalue weighted by molar-refractivity contribution is 14.1. The molecule has 0 fully saturated rings. The zero-order valence-electron chi connectivity index (χ0n) is 8.98. The van der Waals surface area contributed by atoms with E-state index in [4.69, 9.17) is 0 Å². The predicted octanol–water partition coefficient (Wildman–Crippen LogP) is 6.41. The van der Waals surface area contributed by atoms with Gasteiger partial charge in [0.1, 0.15) is 0 Å². The summed E-state index contributed by atoms with van der Waals surface area (Å²) < 4.78 is 5.28. The highest BCUT2D eigenvalue weighted by atomic mass is 127. The van der Waals surface area contributed by atoms with E-state index >= 15 is 0 Å². The molecule has 0 amide bonds. The lowest BCUT2D eigenvalue weighted by Gasteiger charge is -2.06. The molecule has 4 heteroatoms. The van der Waals surface area contributed by atoms with Gasteiger partial charge in [0.2, 0.25) is 0 Å². The zero-order chi connectivity index (χ0) is 12.9. The quantitative estimate of drug-likeness (QED) is 0.190. The van der Waals surface area contributed by atoms with Crippen molar-refractivity contribution in [2.75, 3.05) is 0 Å². The second-order valence-corrected chi connectivity index (χ2v) is 8.73. The van der Waals surface area contributed by atoms with Gasteiger partial charge in [0.25, 0.3) is 0 Å². The molecule has 0 nitrogen and oxygen atoms in total. The fourth-order valence-electron chi connectivity index (χ4n) is 1.99. The van der Waals surface area contributed by atoms with Crippen LogP contribution in [0, 0.1) is 14.3 Å². The first kappa shape index (κ1) is 14.1. The van der Waals surface area contributed by atoms with E-state index < -0.39 is 0 Å². The molecular weight excluding hydrogens is 676 g/mol. The second kappa shape index (κ2) is 5.47. The zero-order valence-corrected chi connectivity index (χ0v) is 17.6. The number of fused-ring (bicyclic) bond motifs is 2. The summed E-state index contributed by atoms with van der Waals surface area (Å²) in [4.78, 5) is 0. The van der Waals surface area contributed by atoms with E-state index in [0.29, 0.717) is 0 Å². The number of hydrogen-bond donors (Lipinski definition) is 0. The molecule has 3 rings (SSSR count). The smallest absolute Gasteiger partial charge is 0.0270 e. The molecule has 0 aliphatic heterocycles. The molecule has 0 aromatic heterocycles. The number of rotatable bonds is 0. The molecule has 0 saturated carbocycles. The predicted molar refractivity (Wildman–Crippen MR) is 112 cm³/mol. The number of benzene rings is 3. The Labute approximate surface area is 160 Å². The molecule has 0 N–H and O–H groups in total. The SMILES string of the molecule is Ic1cc2cc3cc(I)c(I)cc3cc2cc1I. The Morgan fingerprint density at radius 2 is 0.611 bits per heavy atom. The van der Waals surface area contributed by atoms with Gasteiger partial charge < -0.3 is 0 Å². The van der Waals surface area contributed by atoms with Crippen molar-refractivity contribution in [2.24, 2.45) is 0 Å². The van der Waals surface area contributed by atoms with E-state index in [-0.39, 0.29) is 0 Å². The van der Waals surface area contributed by atoms with Crippen LogP contribution in [0.3, 0.4) is 0 Å².